The number of hydrogen-bond acceptors (Lipinski definition) is 3. The molecule has 0 saturated carbocycles. The van der Waals surface area contributed by atoms with Gasteiger partial charge in [0.05, 0.1) is 12.0 Å². The molecule has 1 atom stereocenters. The summed E-state index contributed by atoms with van der Waals surface area (Å²) in [5, 5.41) is 13.7. The van der Waals surface area contributed by atoms with Gasteiger partial charge in [-0.25, -0.2) is 0 Å². The smallest absolute Gasteiger partial charge is 0.305 e. The van der Waals surface area contributed by atoms with Crippen molar-refractivity contribution in [3.05, 3.63) is 21.4 Å². The van der Waals surface area contributed by atoms with Gasteiger partial charge in [0.2, 0.25) is 0 Å². The molecule has 0 saturated heterocycles. The fraction of sp³-hybridized carbons (Fsp3) is 0.600. The number of carboxylic acids is 1. The van der Waals surface area contributed by atoms with E-state index in [9.17, 15) is 9.59 Å². The van der Waals surface area contributed by atoms with Gasteiger partial charge in [-0.2, -0.15) is 0 Å². The molecule has 0 fully saturated rings. The van der Waals surface area contributed by atoms with Crippen LogP contribution in [0.3, 0.4) is 0 Å². The third-order valence-electron chi connectivity index (χ3n) is 3.82. The van der Waals surface area contributed by atoms with Gasteiger partial charge in [0, 0.05) is 16.3 Å². The maximum atomic E-state index is 12.4. The summed E-state index contributed by atoms with van der Waals surface area (Å²) in [6.45, 7) is 3.86. The lowest BCUT2D eigenvalue weighted by Gasteiger charge is -2.21. The minimum atomic E-state index is -0.878. The highest BCUT2D eigenvalue weighted by atomic mass is 32.1. The van der Waals surface area contributed by atoms with Crippen molar-refractivity contribution in [3.8, 4) is 0 Å². The number of thiophene rings is 1. The van der Waals surface area contributed by atoms with E-state index in [1.165, 1.54) is 16.9 Å². The molecule has 1 aliphatic carbocycles. The van der Waals surface area contributed by atoms with Crippen molar-refractivity contribution in [3.63, 3.8) is 0 Å². The van der Waals surface area contributed by atoms with Crippen molar-refractivity contribution in [2.75, 3.05) is 0 Å². The molecule has 0 aromatic carbocycles. The van der Waals surface area contributed by atoms with Gasteiger partial charge in [0.1, 0.15) is 0 Å². The van der Waals surface area contributed by atoms with Gasteiger partial charge in [-0.1, -0.05) is 13.8 Å². The molecule has 1 aromatic rings. The van der Waals surface area contributed by atoms with Gasteiger partial charge in [-0.3, -0.25) is 9.59 Å². The highest BCUT2D eigenvalue weighted by Crippen LogP contribution is 2.30. The third kappa shape index (κ3) is 3.39. The lowest BCUT2D eigenvalue weighted by atomic mass is 9.95. The van der Waals surface area contributed by atoms with Crippen LogP contribution in [-0.2, 0) is 17.6 Å². The molecule has 20 heavy (non-hydrogen) atoms. The first-order valence-electron chi connectivity index (χ1n) is 7.11. The van der Waals surface area contributed by atoms with Crippen molar-refractivity contribution in [2.24, 2.45) is 5.92 Å². The Kier molecular flexibility index (Phi) is 4.81. The van der Waals surface area contributed by atoms with E-state index in [1.54, 1.807) is 11.3 Å². The van der Waals surface area contributed by atoms with E-state index in [2.05, 4.69) is 5.32 Å². The summed E-state index contributed by atoms with van der Waals surface area (Å²) in [5.74, 6) is -0.898. The van der Waals surface area contributed by atoms with Gasteiger partial charge < -0.3 is 10.4 Å². The number of aliphatic carboxylic acids is 1. The van der Waals surface area contributed by atoms with E-state index < -0.39 is 5.97 Å². The van der Waals surface area contributed by atoms with Crippen LogP contribution in [0.4, 0.5) is 0 Å². The summed E-state index contributed by atoms with van der Waals surface area (Å²) in [5.41, 5.74) is 1.93. The molecule has 4 nitrogen and oxygen atoms in total. The van der Waals surface area contributed by atoms with Crippen LogP contribution in [0.15, 0.2) is 5.38 Å². The first kappa shape index (κ1) is 15.0. The average Bonchev–Trinajstić information content (AvgIpc) is 2.81. The van der Waals surface area contributed by atoms with Crippen LogP contribution in [0.5, 0.6) is 0 Å². The van der Waals surface area contributed by atoms with E-state index in [-0.39, 0.29) is 24.3 Å². The normalized spacial score (nSPS) is 15.8. The number of nitrogens with one attached hydrogen (secondary N) is 1. The zero-order valence-corrected chi connectivity index (χ0v) is 12.8. The van der Waals surface area contributed by atoms with Crippen LogP contribution in [0.1, 0.15) is 53.9 Å². The number of aryl methyl sites for hydroxylation is 1. The summed E-state index contributed by atoms with van der Waals surface area (Å²) >= 11 is 1.65. The standard InChI is InChI=1S/C15H21NO3S/c1-9(2)12(7-14(17)18)16-15(19)11-8-20-13-6-4-3-5-10(11)13/h8-9,12H,3-7H2,1-2H3,(H,16,19)(H,17,18). The van der Waals surface area contributed by atoms with Crippen LogP contribution in [0.25, 0.3) is 0 Å². The van der Waals surface area contributed by atoms with Crippen molar-refractivity contribution in [1.29, 1.82) is 0 Å². The molecule has 110 valence electrons. The number of carbonyl (C=O) groups excluding carboxylic acids is 1. The van der Waals surface area contributed by atoms with Crippen molar-refractivity contribution >= 4 is 23.2 Å². The minimum absolute atomic E-state index is 0.0320. The lowest BCUT2D eigenvalue weighted by Crippen LogP contribution is -2.40. The number of carbonyl (C=O) groups is 2. The van der Waals surface area contributed by atoms with E-state index in [0.29, 0.717) is 0 Å². The number of amides is 1. The van der Waals surface area contributed by atoms with Crippen molar-refractivity contribution < 1.29 is 14.7 Å². The Hall–Kier alpha value is -1.36. The van der Waals surface area contributed by atoms with Gasteiger partial charge >= 0.3 is 5.97 Å². The Balaban J connectivity index is 2.10. The number of fused-ring (bicyclic) bond motifs is 1. The van der Waals surface area contributed by atoms with E-state index in [4.69, 9.17) is 5.11 Å². The zero-order valence-electron chi connectivity index (χ0n) is 11.9. The summed E-state index contributed by atoms with van der Waals surface area (Å²) in [6, 6.07) is -0.320. The number of carboxylic acid groups (broad SMARTS) is 1. The molecule has 1 unspecified atom stereocenters. The Bertz CT molecular complexity index is 507. The van der Waals surface area contributed by atoms with Crippen molar-refractivity contribution in [1.82, 2.24) is 5.32 Å². The van der Waals surface area contributed by atoms with Crippen LogP contribution >= 0.6 is 11.3 Å². The Morgan fingerprint density at radius 1 is 1.35 bits per heavy atom. The minimum Gasteiger partial charge on any atom is -0.481 e. The van der Waals surface area contributed by atoms with Gasteiger partial charge in [0.15, 0.2) is 0 Å². The maximum absolute atomic E-state index is 12.4. The topological polar surface area (TPSA) is 66.4 Å². The van der Waals surface area contributed by atoms with Gasteiger partial charge in [-0.05, 0) is 37.2 Å². The quantitative estimate of drug-likeness (QED) is 0.878. The van der Waals surface area contributed by atoms with Crippen LogP contribution < -0.4 is 5.32 Å². The Labute approximate surface area is 123 Å². The molecule has 0 radical (unpaired) electrons. The van der Waals surface area contributed by atoms with E-state index >= 15 is 0 Å². The molecule has 2 N–H and O–H groups in total. The highest BCUT2D eigenvalue weighted by Gasteiger charge is 2.24. The SMILES string of the molecule is CC(C)C(CC(=O)O)NC(=O)c1csc2c1CCCC2. The lowest BCUT2D eigenvalue weighted by molar-refractivity contribution is -0.137. The molecule has 1 heterocycles. The number of rotatable bonds is 5. The predicted molar refractivity (Wildman–Crippen MR) is 79.3 cm³/mol. The van der Waals surface area contributed by atoms with Crippen LogP contribution in [0.2, 0.25) is 0 Å². The fourth-order valence-corrected chi connectivity index (χ4v) is 3.70. The Morgan fingerprint density at radius 2 is 2.05 bits per heavy atom. The second-order valence-corrected chi connectivity index (χ2v) is 6.64. The fourth-order valence-electron chi connectivity index (χ4n) is 2.57. The molecule has 2 rings (SSSR count). The Morgan fingerprint density at radius 3 is 2.70 bits per heavy atom. The van der Waals surface area contributed by atoms with Gasteiger partial charge in [-0.15, -0.1) is 11.3 Å². The summed E-state index contributed by atoms with van der Waals surface area (Å²) in [7, 11) is 0. The maximum Gasteiger partial charge on any atom is 0.305 e. The number of hydrogen-bond donors (Lipinski definition) is 2. The van der Waals surface area contributed by atoms with Crippen LogP contribution in [0, 0.1) is 5.92 Å². The summed E-state index contributed by atoms with van der Waals surface area (Å²) in [6.07, 6.45) is 4.33. The molecular weight excluding hydrogens is 274 g/mol. The molecule has 5 heteroatoms. The largest absolute Gasteiger partial charge is 0.481 e. The molecule has 1 aromatic heterocycles. The first-order valence-corrected chi connectivity index (χ1v) is 7.99. The molecule has 0 aliphatic heterocycles. The van der Waals surface area contributed by atoms with E-state index in [0.717, 1.165) is 24.8 Å². The second-order valence-electron chi connectivity index (χ2n) is 5.68. The van der Waals surface area contributed by atoms with Crippen molar-refractivity contribution in [2.45, 2.75) is 52.0 Å². The summed E-state index contributed by atoms with van der Waals surface area (Å²) in [4.78, 5) is 24.6. The first-order chi connectivity index (χ1) is 9.49. The average molecular weight is 295 g/mol. The zero-order chi connectivity index (χ0) is 14.7. The van der Waals surface area contributed by atoms with Gasteiger partial charge in [0.25, 0.3) is 5.91 Å². The molecule has 1 aliphatic rings. The van der Waals surface area contributed by atoms with Crippen LogP contribution in [-0.4, -0.2) is 23.0 Å². The molecule has 1 amide bonds. The third-order valence-corrected chi connectivity index (χ3v) is 4.91. The second kappa shape index (κ2) is 6.39. The molecular formula is C15H21NO3S. The summed E-state index contributed by atoms with van der Waals surface area (Å²) < 4.78 is 0. The monoisotopic (exact) mass is 295 g/mol. The van der Waals surface area contributed by atoms with E-state index in [1.807, 2.05) is 19.2 Å². The predicted octanol–water partition coefficient (Wildman–Crippen LogP) is 2.86. The molecule has 0 bridgehead atoms. The molecule has 0 spiro atoms. The highest BCUT2D eigenvalue weighted by molar-refractivity contribution is 7.10.